The maximum Gasteiger partial charge on any atom is 0.159 e. The number of Topliss-reactive ketones (excluding diaryl/α,β-unsaturated/α-hetero) is 1. The third-order valence-electron chi connectivity index (χ3n) is 2.86. The van der Waals surface area contributed by atoms with Crippen molar-refractivity contribution < 1.29 is 4.79 Å². The molecule has 1 nitrogen and oxygen atoms in total. The third-order valence-corrected chi connectivity index (χ3v) is 2.86. The fraction of sp³-hybridized carbons (Fsp3) is 0.438. The zero-order chi connectivity index (χ0) is 12.7. The number of hydrogen-bond acceptors (Lipinski definition) is 1. The Morgan fingerprint density at radius 3 is 2.12 bits per heavy atom. The Kier molecular flexibility index (Phi) is 5.68. The van der Waals surface area contributed by atoms with E-state index in [1.165, 1.54) is 17.6 Å². The van der Waals surface area contributed by atoms with E-state index >= 15 is 0 Å². The highest BCUT2D eigenvalue weighted by Gasteiger charge is 2.02. The number of unbranched alkanes of at least 4 members (excludes halogenated alkanes) is 1. The molecule has 0 heterocycles. The van der Waals surface area contributed by atoms with Gasteiger partial charge in [-0.1, -0.05) is 57.0 Å². The maximum absolute atomic E-state index is 11.2. The Hall–Kier alpha value is -1.37. The maximum atomic E-state index is 11.2. The number of benzene rings is 1. The van der Waals surface area contributed by atoms with Crippen LogP contribution in [0.5, 0.6) is 0 Å². The minimum absolute atomic E-state index is 0.131. The molecule has 1 aromatic carbocycles. The van der Waals surface area contributed by atoms with E-state index in [4.69, 9.17) is 0 Å². The van der Waals surface area contributed by atoms with Gasteiger partial charge in [0.15, 0.2) is 5.78 Å². The molecule has 0 unspecified atom stereocenters. The lowest BCUT2D eigenvalue weighted by Gasteiger charge is -2.07. The summed E-state index contributed by atoms with van der Waals surface area (Å²) in [5.41, 5.74) is 3.45. The van der Waals surface area contributed by atoms with Crippen molar-refractivity contribution in [3.8, 4) is 0 Å². The van der Waals surface area contributed by atoms with Gasteiger partial charge in [-0.25, -0.2) is 0 Å². The largest absolute Gasteiger partial charge is 0.295 e. The molecule has 0 radical (unpaired) electrons. The van der Waals surface area contributed by atoms with Gasteiger partial charge in [-0.3, -0.25) is 4.79 Å². The summed E-state index contributed by atoms with van der Waals surface area (Å²) in [5, 5.41) is 0. The zero-order valence-corrected chi connectivity index (χ0v) is 11.1. The molecule has 0 saturated heterocycles. The minimum Gasteiger partial charge on any atom is -0.295 e. The molecule has 0 amide bonds. The number of rotatable bonds is 6. The Balaban J connectivity index is 2.91. The highest BCUT2D eigenvalue weighted by atomic mass is 16.1. The summed E-state index contributed by atoms with van der Waals surface area (Å²) < 4.78 is 0. The first kappa shape index (κ1) is 13.7. The Morgan fingerprint density at radius 1 is 1.06 bits per heavy atom. The fourth-order valence-electron chi connectivity index (χ4n) is 1.87. The van der Waals surface area contributed by atoms with Crippen LogP contribution in [-0.2, 0) is 0 Å². The smallest absolute Gasteiger partial charge is 0.159 e. The summed E-state index contributed by atoms with van der Waals surface area (Å²) in [5.74, 6) is 0.131. The van der Waals surface area contributed by atoms with Crippen molar-refractivity contribution in [2.24, 2.45) is 0 Å². The van der Waals surface area contributed by atoms with Crippen molar-refractivity contribution >= 4 is 11.4 Å². The zero-order valence-electron chi connectivity index (χ0n) is 11.1. The van der Waals surface area contributed by atoms with E-state index in [0.29, 0.717) is 0 Å². The summed E-state index contributed by atoms with van der Waals surface area (Å²) in [6.07, 6.45) is 6.90. The Bertz CT molecular complexity index is 384. The summed E-state index contributed by atoms with van der Waals surface area (Å²) in [7, 11) is 0. The van der Waals surface area contributed by atoms with Gasteiger partial charge in [0, 0.05) is 5.56 Å². The van der Waals surface area contributed by atoms with Crippen molar-refractivity contribution in [3.05, 3.63) is 41.5 Å². The predicted molar refractivity (Wildman–Crippen MR) is 74.2 cm³/mol. The van der Waals surface area contributed by atoms with E-state index < -0.39 is 0 Å². The summed E-state index contributed by atoms with van der Waals surface area (Å²) in [6, 6.07) is 7.97. The quantitative estimate of drug-likeness (QED) is 0.637. The molecule has 1 rings (SSSR count). The topological polar surface area (TPSA) is 17.1 Å². The van der Waals surface area contributed by atoms with Crippen molar-refractivity contribution in [1.29, 1.82) is 0 Å². The average molecular weight is 230 g/mol. The van der Waals surface area contributed by atoms with Crippen molar-refractivity contribution in [2.75, 3.05) is 0 Å². The van der Waals surface area contributed by atoms with Gasteiger partial charge < -0.3 is 0 Å². The lowest BCUT2D eigenvalue weighted by molar-refractivity contribution is 0.101. The Morgan fingerprint density at radius 2 is 1.65 bits per heavy atom. The van der Waals surface area contributed by atoms with E-state index in [9.17, 15) is 4.79 Å². The second kappa shape index (κ2) is 7.05. The molecule has 0 aliphatic heterocycles. The highest BCUT2D eigenvalue weighted by molar-refractivity contribution is 5.94. The van der Waals surface area contributed by atoms with E-state index in [1.54, 1.807) is 6.92 Å². The Labute approximate surface area is 105 Å². The van der Waals surface area contributed by atoms with Crippen LogP contribution in [-0.4, -0.2) is 5.78 Å². The van der Waals surface area contributed by atoms with Gasteiger partial charge in [-0.15, -0.1) is 0 Å². The standard InChI is InChI=1S/C16H22O/c1-4-6-8-15(7-5-2)16-11-9-14(10-12-16)13(3)17/h8-12H,4-7H2,1-3H3. The minimum atomic E-state index is 0.131. The first-order valence-electron chi connectivity index (χ1n) is 6.49. The summed E-state index contributed by atoms with van der Waals surface area (Å²) >= 11 is 0. The number of carbonyl (C=O) groups is 1. The molecule has 0 aromatic heterocycles. The molecular weight excluding hydrogens is 208 g/mol. The predicted octanol–water partition coefficient (Wildman–Crippen LogP) is 4.87. The summed E-state index contributed by atoms with van der Waals surface area (Å²) in [6.45, 7) is 6.00. The molecule has 0 saturated carbocycles. The number of allylic oxidation sites excluding steroid dienone is 2. The fourth-order valence-corrected chi connectivity index (χ4v) is 1.87. The van der Waals surface area contributed by atoms with Gasteiger partial charge in [-0.05, 0) is 30.9 Å². The first-order valence-corrected chi connectivity index (χ1v) is 6.49. The van der Waals surface area contributed by atoms with Gasteiger partial charge in [0.1, 0.15) is 0 Å². The molecule has 17 heavy (non-hydrogen) atoms. The molecule has 0 spiro atoms. The normalized spacial score (nSPS) is 11.6. The second-order valence-corrected chi connectivity index (χ2v) is 4.40. The molecule has 0 atom stereocenters. The molecule has 1 aromatic rings. The number of ketones is 1. The van der Waals surface area contributed by atoms with Crippen LogP contribution in [0.25, 0.3) is 5.57 Å². The van der Waals surface area contributed by atoms with Gasteiger partial charge in [0.25, 0.3) is 0 Å². The van der Waals surface area contributed by atoms with Crippen molar-refractivity contribution in [1.82, 2.24) is 0 Å². The van der Waals surface area contributed by atoms with Crippen LogP contribution in [0, 0.1) is 0 Å². The average Bonchev–Trinajstić information content (AvgIpc) is 2.34. The van der Waals surface area contributed by atoms with Crippen molar-refractivity contribution in [2.45, 2.75) is 46.5 Å². The van der Waals surface area contributed by atoms with Gasteiger partial charge >= 0.3 is 0 Å². The van der Waals surface area contributed by atoms with Crippen LogP contribution in [0.15, 0.2) is 30.3 Å². The molecule has 92 valence electrons. The van der Waals surface area contributed by atoms with E-state index in [-0.39, 0.29) is 5.78 Å². The SMILES string of the molecule is CCCC=C(CCC)c1ccc(C(C)=O)cc1. The van der Waals surface area contributed by atoms with Crippen LogP contribution in [0.4, 0.5) is 0 Å². The molecule has 0 bridgehead atoms. The third kappa shape index (κ3) is 4.18. The second-order valence-electron chi connectivity index (χ2n) is 4.40. The monoisotopic (exact) mass is 230 g/mol. The van der Waals surface area contributed by atoms with Crippen molar-refractivity contribution in [3.63, 3.8) is 0 Å². The van der Waals surface area contributed by atoms with E-state index in [2.05, 4.69) is 32.1 Å². The lowest BCUT2D eigenvalue weighted by Crippen LogP contribution is -1.92. The highest BCUT2D eigenvalue weighted by Crippen LogP contribution is 2.21. The van der Waals surface area contributed by atoms with Crippen LogP contribution in [0.1, 0.15) is 62.4 Å². The number of hydrogen-bond donors (Lipinski definition) is 0. The lowest BCUT2D eigenvalue weighted by atomic mass is 9.98. The number of carbonyl (C=O) groups excluding carboxylic acids is 1. The van der Waals surface area contributed by atoms with Crippen LogP contribution in [0.3, 0.4) is 0 Å². The molecule has 0 N–H and O–H groups in total. The molecule has 0 aliphatic carbocycles. The van der Waals surface area contributed by atoms with Crippen LogP contribution in [0.2, 0.25) is 0 Å². The first-order chi connectivity index (χ1) is 8.19. The van der Waals surface area contributed by atoms with E-state index in [0.717, 1.165) is 24.8 Å². The van der Waals surface area contributed by atoms with Crippen LogP contribution >= 0.6 is 0 Å². The van der Waals surface area contributed by atoms with E-state index in [1.807, 2.05) is 12.1 Å². The summed E-state index contributed by atoms with van der Waals surface area (Å²) in [4.78, 5) is 11.2. The molecule has 0 aliphatic rings. The molecule has 0 fully saturated rings. The molecule has 1 heteroatoms. The molecular formula is C16H22O. The van der Waals surface area contributed by atoms with Gasteiger partial charge in [-0.2, -0.15) is 0 Å². The van der Waals surface area contributed by atoms with Gasteiger partial charge in [0.2, 0.25) is 0 Å². The van der Waals surface area contributed by atoms with Gasteiger partial charge in [0.05, 0.1) is 0 Å². The van der Waals surface area contributed by atoms with Crippen LogP contribution < -0.4 is 0 Å².